The fraction of sp³-hybridized carbons (Fsp3) is 0.0833. The van der Waals surface area contributed by atoms with Gasteiger partial charge in [0.25, 0.3) is 0 Å². The lowest BCUT2D eigenvalue weighted by molar-refractivity contribution is 0.103. The summed E-state index contributed by atoms with van der Waals surface area (Å²) in [6.45, 7) is 1.91. The minimum absolute atomic E-state index is 0.200. The molecule has 0 saturated carbocycles. The molecule has 0 saturated heterocycles. The van der Waals surface area contributed by atoms with Crippen molar-refractivity contribution in [1.29, 1.82) is 0 Å². The molecule has 2 N–H and O–H groups in total. The van der Waals surface area contributed by atoms with E-state index in [1.165, 1.54) is 0 Å². The lowest BCUT2D eigenvalue weighted by Crippen LogP contribution is -2.08. The molecule has 0 aromatic carbocycles. The van der Waals surface area contributed by atoms with E-state index in [4.69, 9.17) is 5.73 Å². The first-order valence-corrected chi connectivity index (χ1v) is 4.86. The molecule has 0 fully saturated rings. The predicted molar refractivity (Wildman–Crippen MR) is 61.1 cm³/mol. The number of ketones is 1. The summed E-state index contributed by atoms with van der Waals surface area (Å²) < 4.78 is 0. The van der Waals surface area contributed by atoms with Crippen molar-refractivity contribution in [2.45, 2.75) is 6.92 Å². The Bertz CT molecular complexity index is 537. The van der Waals surface area contributed by atoms with E-state index < -0.39 is 0 Å². The van der Waals surface area contributed by atoms with Crippen molar-refractivity contribution >= 4 is 11.6 Å². The number of pyridine rings is 2. The first kappa shape index (κ1) is 10.3. The number of anilines is 1. The molecule has 0 amide bonds. The molecule has 2 rings (SSSR count). The van der Waals surface area contributed by atoms with E-state index in [2.05, 4.69) is 9.97 Å². The minimum Gasteiger partial charge on any atom is -0.383 e. The average molecular weight is 213 g/mol. The number of carbonyl (C=O) groups excluding carboxylic acids is 1. The molecule has 0 radical (unpaired) electrons. The van der Waals surface area contributed by atoms with Gasteiger partial charge in [-0.1, -0.05) is 0 Å². The summed E-state index contributed by atoms with van der Waals surface area (Å²) in [5, 5.41) is 0. The maximum absolute atomic E-state index is 12.0. The van der Waals surface area contributed by atoms with Gasteiger partial charge >= 0.3 is 0 Å². The number of hydrogen-bond acceptors (Lipinski definition) is 4. The Balaban J connectivity index is 2.44. The second kappa shape index (κ2) is 4.10. The molecule has 0 spiro atoms. The van der Waals surface area contributed by atoms with Gasteiger partial charge < -0.3 is 5.73 Å². The lowest BCUT2D eigenvalue weighted by atomic mass is 10.1. The van der Waals surface area contributed by atoms with Crippen LogP contribution in [-0.4, -0.2) is 15.8 Å². The van der Waals surface area contributed by atoms with Crippen molar-refractivity contribution in [2.24, 2.45) is 0 Å². The highest BCUT2D eigenvalue weighted by molar-refractivity contribution is 6.10. The zero-order chi connectivity index (χ0) is 11.5. The molecule has 2 aromatic heterocycles. The van der Waals surface area contributed by atoms with Crippen molar-refractivity contribution in [3.05, 3.63) is 53.5 Å². The monoisotopic (exact) mass is 213 g/mol. The van der Waals surface area contributed by atoms with Gasteiger partial charge in [-0.15, -0.1) is 0 Å². The van der Waals surface area contributed by atoms with Crippen LogP contribution in [0.4, 0.5) is 5.82 Å². The highest BCUT2D eigenvalue weighted by atomic mass is 16.1. The Morgan fingerprint density at radius 3 is 2.75 bits per heavy atom. The molecule has 80 valence electrons. The number of nitrogen functional groups attached to an aromatic ring is 1. The molecule has 4 heteroatoms. The van der Waals surface area contributed by atoms with Gasteiger partial charge in [0.15, 0.2) is 0 Å². The number of rotatable bonds is 2. The van der Waals surface area contributed by atoms with E-state index in [0.29, 0.717) is 11.3 Å². The third-order valence-corrected chi connectivity index (χ3v) is 2.23. The molecule has 4 nitrogen and oxygen atoms in total. The van der Waals surface area contributed by atoms with Crippen molar-refractivity contribution in [3.63, 3.8) is 0 Å². The zero-order valence-corrected chi connectivity index (χ0v) is 8.84. The molecule has 0 unspecified atom stereocenters. The second-order valence-electron chi connectivity index (χ2n) is 3.48. The van der Waals surface area contributed by atoms with Crippen LogP contribution >= 0.6 is 0 Å². The Kier molecular flexibility index (Phi) is 2.64. The standard InChI is InChI=1S/C12H11N3O/c1-8-4-6-14-10(7-8)11(16)9-3-2-5-15-12(9)13/h2-7H,1H3,(H2,13,15). The second-order valence-corrected chi connectivity index (χ2v) is 3.48. The number of hydrogen-bond donors (Lipinski definition) is 1. The third-order valence-electron chi connectivity index (χ3n) is 2.23. The quantitative estimate of drug-likeness (QED) is 0.769. The van der Waals surface area contributed by atoms with E-state index in [0.717, 1.165) is 5.56 Å². The summed E-state index contributed by atoms with van der Waals surface area (Å²) >= 11 is 0. The summed E-state index contributed by atoms with van der Waals surface area (Å²) in [5.74, 6) is 0.0325. The Morgan fingerprint density at radius 2 is 2.06 bits per heavy atom. The highest BCUT2D eigenvalue weighted by Gasteiger charge is 2.13. The van der Waals surface area contributed by atoms with Crippen LogP contribution < -0.4 is 5.73 Å². The molecular formula is C12H11N3O. The number of aromatic nitrogens is 2. The number of aryl methyl sites for hydroxylation is 1. The molecule has 0 atom stereocenters. The normalized spacial score (nSPS) is 10.1. The summed E-state index contributed by atoms with van der Waals surface area (Å²) in [6, 6.07) is 6.90. The maximum Gasteiger partial charge on any atom is 0.215 e. The van der Waals surface area contributed by atoms with Gasteiger partial charge in [0, 0.05) is 12.4 Å². The van der Waals surface area contributed by atoms with E-state index in [1.54, 1.807) is 30.6 Å². The van der Waals surface area contributed by atoms with E-state index >= 15 is 0 Å². The summed E-state index contributed by atoms with van der Waals surface area (Å²) in [5.41, 5.74) is 7.40. The van der Waals surface area contributed by atoms with Gasteiger partial charge in [-0.3, -0.25) is 9.78 Å². The van der Waals surface area contributed by atoms with Crippen LogP contribution in [0.25, 0.3) is 0 Å². The largest absolute Gasteiger partial charge is 0.383 e. The first-order valence-electron chi connectivity index (χ1n) is 4.86. The van der Waals surface area contributed by atoms with Crippen LogP contribution in [0.15, 0.2) is 36.7 Å². The van der Waals surface area contributed by atoms with Crippen LogP contribution in [0.3, 0.4) is 0 Å². The SMILES string of the molecule is Cc1ccnc(C(=O)c2cccnc2N)c1. The van der Waals surface area contributed by atoms with Gasteiger partial charge in [-0.25, -0.2) is 4.98 Å². The molecule has 2 aromatic rings. The van der Waals surface area contributed by atoms with Crippen LogP contribution in [0.5, 0.6) is 0 Å². The average Bonchev–Trinajstić information content (AvgIpc) is 2.29. The van der Waals surface area contributed by atoms with Crippen LogP contribution in [0.1, 0.15) is 21.6 Å². The number of nitrogens with two attached hydrogens (primary N) is 1. The Labute approximate surface area is 93.2 Å². The van der Waals surface area contributed by atoms with Crippen LogP contribution in [-0.2, 0) is 0 Å². The van der Waals surface area contributed by atoms with Crippen molar-refractivity contribution in [1.82, 2.24) is 9.97 Å². The van der Waals surface area contributed by atoms with Gasteiger partial charge in [-0.05, 0) is 36.8 Å². The smallest absolute Gasteiger partial charge is 0.215 e. The first-order chi connectivity index (χ1) is 7.68. The van der Waals surface area contributed by atoms with Gasteiger partial charge in [-0.2, -0.15) is 0 Å². The van der Waals surface area contributed by atoms with Crippen molar-refractivity contribution in [2.75, 3.05) is 5.73 Å². The maximum atomic E-state index is 12.0. The van der Waals surface area contributed by atoms with E-state index in [-0.39, 0.29) is 11.6 Å². The molecule has 16 heavy (non-hydrogen) atoms. The van der Waals surface area contributed by atoms with Crippen LogP contribution in [0.2, 0.25) is 0 Å². The molecular weight excluding hydrogens is 202 g/mol. The fourth-order valence-electron chi connectivity index (χ4n) is 1.41. The molecule has 0 aliphatic carbocycles. The number of carbonyl (C=O) groups is 1. The molecule has 0 aliphatic heterocycles. The minimum atomic E-state index is -0.200. The Morgan fingerprint density at radius 1 is 1.25 bits per heavy atom. The number of nitrogens with zero attached hydrogens (tertiary/aromatic N) is 2. The predicted octanol–water partition coefficient (Wildman–Crippen LogP) is 1.60. The Hall–Kier alpha value is -2.23. The van der Waals surface area contributed by atoms with Crippen molar-refractivity contribution < 1.29 is 4.79 Å². The van der Waals surface area contributed by atoms with Crippen molar-refractivity contribution in [3.8, 4) is 0 Å². The van der Waals surface area contributed by atoms with Crippen LogP contribution in [0, 0.1) is 6.92 Å². The van der Waals surface area contributed by atoms with E-state index in [1.807, 2.05) is 13.0 Å². The molecule has 0 bridgehead atoms. The molecule has 0 aliphatic rings. The highest BCUT2D eigenvalue weighted by Crippen LogP contribution is 2.13. The fourth-order valence-corrected chi connectivity index (χ4v) is 1.41. The summed E-state index contributed by atoms with van der Waals surface area (Å²) in [6.07, 6.45) is 3.16. The van der Waals surface area contributed by atoms with Gasteiger partial charge in [0.1, 0.15) is 11.5 Å². The van der Waals surface area contributed by atoms with Gasteiger partial charge in [0.05, 0.1) is 5.56 Å². The third kappa shape index (κ3) is 1.91. The zero-order valence-electron chi connectivity index (χ0n) is 8.84. The molecule has 2 heterocycles. The summed E-state index contributed by atoms with van der Waals surface area (Å²) in [4.78, 5) is 19.9. The van der Waals surface area contributed by atoms with Gasteiger partial charge in [0.2, 0.25) is 5.78 Å². The lowest BCUT2D eigenvalue weighted by Gasteiger charge is -2.03. The van der Waals surface area contributed by atoms with E-state index in [9.17, 15) is 4.79 Å². The summed E-state index contributed by atoms with van der Waals surface area (Å²) in [7, 11) is 0. The topological polar surface area (TPSA) is 68.9 Å².